The van der Waals surface area contributed by atoms with Gasteiger partial charge in [0.05, 0.1) is 23.3 Å². The topological polar surface area (TPSA) is 40.6 Å². The number of thiocarbonyl (C=S) groups is 1. The van der Waals surface area contributed by atoms with E-state index in [1.54, 1.807) is 0 Å². The Morgan fingerprint density at radius 3 is 2.40 bits per heavy atom. The number of allylic oxidation sites excluding steroid dienone is 1. The molecule has 3 aromatic carbocycles. The number of pyridine rings is 1. The van der Waals surface area contributed by atoms with E-state index in [4.69, 9.17) is 21.9 Å². The molecule has 0 radical (unpaired) electrons. The molecule has 2 unspecified atom stereocenters. The molecule has 4 aromatic rings. The average molecular weight is 547 g/mol. The van der Waals surface area contributed by atoms with Crippen molar-refractivity contribution in [3.8, 4) is 11.5 Å². The largest absolute Gasteiger partial charge is 0.457 e. The van der Waals surface area contributed by atoms with Gasteiger partial charge in [-0.3, -0.25) is 4.98 Å². The van der Waals surface area contributed by atoms with Crippen LogP contribution in [-0.4, -0.2) is 22.7 Å². The SMILES string of the molecule is CC1=CC(C)(C)N(C)c2ccc(C3C(c4ccccn4)NC(=S)N3c3ccc(Oc4ccccc4C)cc3)cc21. The van der Waals surface area contributed by atoms with Gasteiger partial charge in [-0.2, -0.15) is 0 Å². The lowest BCUT2D eigenvalue weighted by Gasteiger charge is -2.41. The third-order valence-electron chi connectivity index (χ3n) is 8.12. The number of fused-ring (bicyclic) bond motifs is 1. The molecule has 1 fully saturated rings. The van der Waals surface area contributed by atoms with Gasteiger partial charge in [0.15, 0.2) is 5.11 Å². The van der Waals surface area contributed by atoms with Crippen molar-refractivity contribution in [3.05, 3.63) is 120 Å². The molecule has 0 amide bonds. The maximum absolute atomic E-state index is 6.17. The first-order chi connectivity index (χ1) is 19.2. The van der Waals surface area contributed by atoms with Gasteiger partial charge < -0.3 is 19.9 Å². The van der Waals surface area contributed by atoms with Crippen molar-refractivity contribution in [2.75, 3.05) is 16.8 Å². The van der Waals surface area contributed by atoms with E-state index in [1.807, 2.05) is 48.7 Å². The van der Waals surface area contributed by atoms with Crippen LogP contribution < -0.4 is 19.9 Å². The summed E-state index contributed by atoms with van der Waals surface area (Å²) in [7, 11) is 2.16. The van der Waals surface area contributed by atoms with Crippen molar-refractivity contribution in [1.82, 2.24) is 10.3 Å². The molecule has 0 saturated carbocycles. The Hall–Kier alpha value is -4.16. The van der Waals surface area contributed by atoms with Crippen LogP contribution in [0.4, 0.5) is 11.4 Å². The summed E-state index contributed by atoms with van der Waals surface area (Å²) in [6, 6.07) is 28.9. The van der Waals surface area contributed by atoms with Crippen molar-refractivity contribution >= 4 is 34.3 Å². The quantitative estimate of drug-likeness (QED) is 0.256. The molecule has 6 rings (SSSR count). The van der Waals surface area contributed by atoms with Gasteiger partial charge in [0.25, 0.3) is 0 Å². The van der Waals surface area contributed by atoms with Crippen LogP contribution in [0.15, 0.2) is 97.2 Å². The van der Waals surface area contributed by atoms with Crippen molar-refractivity contribution in [3.63, 3.8) is 0 Å². The van der Waals surface area contributed by atoms with Crippen LogP contribution in [0.1, 0.15) is 55.2 Å². The molecule has 2 aliphatic rings. The second-order valence-corrected chi connectivity index (χ2v) is 11.6. The first kappa shape index (κ1) is 26.1. The standard InChI is InChI=1S/C34H34N4OS/c1-22-10-6-7-12-30(22)39-26-16-14-25(15-17-26)38-32(31(36-33(38)40)28-11-8-9-19-35-28)24-13-18-29-27(20-24)23(2)21-34(3,4)37(29)5/h6-21,31-32H,1-5H3,(H,36,40). The summed E-state index contributed by atoms with van der Waals surface area (Å²) in [6.07, 6.45) is 4.19. The van der Waals surface area contributed by atoms with Crippen molar-refractivity contribution < 1.29 is 4.74 Å². The van der Waals surface area contributed by atoms with Crippen LogP contribution in [0, 0.1) is 6.92 Å². The lowest BCUT2D eigenvalue weighted by atomic mass is 9.86. The van der Waals surface area contributed by atoms with E-state index in [0.29, 0.717) is 5.11 Å². The number of nitrogens with one attached hydrogen (secondary N) is 1. The van der Waals surface area contributed by atoms with E-state index in [2.05, 4.69) is 98.4 Å². The average Bonchev–Trinajstić information content (AvgIpc) is 3.30. The minimum atomic E-state index is -0.100. The summed E-state index contributed by atoms with van der Waals surface area (Å²) in [5.74, 6) is 1.64. The van der Waals surface area contributed by atoms with Crippen LogP contribution in [0.2, 0.25) is 0 Å². The van der Waals surface area contributed by atoms with Gasteiger partial charge in [-0.25, -0.2) is 0 Å². The Bertz CT molecular complexity index is 1600. The van der Waals surface area contributed by atoms with Crippen LogP contribution in [0.5, 0.6) is 11.5 Å². The highest BCUT2D eigenvalue weighted by Gasteiger charge is 2.41. The van der Waals surface area contributed by atoms with Gasteiger partial charge in [0, 0.05) is 30.2 Å². The highest BCUT2D eigenvalue weighted by molar-refractivity contribution is 7.80. The minimum Gasteiger partial charge on any atom is -0.457 e. The zero-order chi connectivity index (χ0) is 28.0. The predicted molar refractivity (Wildman–Crippen MR) is 168 cm³/mol. The molecule has 6 heteroatoms. The Morgan fingerprint density at radius 2 is 1.68 bits per heavy atom. The van der Waals surface area contributed by atoms with E-state index in [1.165, 1.54) is 22.4 Å². The van der Waals surface area contributed by atoms with Gasteiger partial charge in [-0.1, -0.05) is 36.4 Å². The Balaban J connectivity index is 1.40. The van der Waals surface area contributed by atoms with E-state index < -0.39 is 0 Å². The van der Waals surface area contributed by atoms with Crippen molar-refractivity contribution in [2.45, 2.75) is 45.3 Å². The molecular weight excluding hydrogens is 512 g/mol. The molecule has 1 N–H and O–H groups in total. The van der Waals surface area contributed by atoms with Gasteiger partial charge in [0.2, 0.25) is 0 Å². The number of aryl methyl sites for hydroxylation is 1. The summed E-state index contributed by atoms with van der Waals surface area (Å²) < 4.78 is 6.17. The molecule has 5 nitrogen and oxygen atoms in total. The number of hydrogen-bond acceptors (Lipinski definition) is 4. The first-order valence-corrected chi connectivity index (χ1v) is 14.1. The summed E-state index contributed by atoms with van der Waals surface area (Å²) in [5, 5.41) is 4.26. The smallest absolute Gasteiger partial charge is 0.174 e. The van der Waals surface area contributed by atoms with Crippen molar-refractivity contribution in [1.29, 1.82) is 0 Å². The summed E-state index contributed by atoms with van der Waals surface area (Å²) in [6.45, 7) is 8.75. The molecule has 3 heterocycles. The molecule has 1 aromatic heterocycles. The van der Waals surface area contributed by atoms with Gasteiger partial charge >= 0.3 is 0 Å². The molecule has 202 valence electrons. The van der Waals surface area contributed by atoms with Crippen molar-refractivity contribution in [2.24, 2.45) is 0 Å². The Kier molecular flexibility index (Phi) is 6.59. The number of likely N-dealkylation sites (N-methyl/N-ethyl adjacent to an activating group) is 1. The predicted octanol–water partition coefficient (Wildman–Crippen LogP) is 7.99. The minimum absolute atomic E-state index is 0.0419. The second kappa shape index (κ2) is 10.1. The number of para-hydroxylation sites is 1. The summed E-state index contributed by atoms with van der Waals surface area (Å²) >= 11 is 5.96. The number of ether oxygens (including phenoxy) is 1. The van der Waals surface area contributed by atoms with Crippen LogP contribution in [0.25, 0.3) is 5.57 Å². The highest BCUT2D eigenvalue weighted by Crippen LogP contribution is 2.45. The number of benzene rings is 3. The Morgan fingerprint density at radius 1 is 0.925 bits per heavy atom. The zero-order valence-corrected chi connectivity index (χ0v) is 24.4. The number of hydrogen-bond donors (Lipinski definition) is 1. The molecule has 2 atom stereocenters. The van der Waals surface area contributed by atoms with Crippen LogP contribution >= 0.6 is 12.2 Å². The molecule has 40 heavy (non-hydrogen) atoms. The summed E-state index contributed by atoms with van der Waals surface area (Å²) in [4.78, 5) is 9.27. The molecule has 0 spiro atoms. The maximum atomic E-state index is 6.17. The van der Waals surface area contributed by atoms with Gasteiger partial charge in [-0.05, 0) is 111 Å². The maximum Gasteiger partial charge on any atom is 0.174 e. The zero-order valence-electron chi connectivity index (χ0n) is 23.6. The van der Waals surface area contributed by atoms with E-state index >= 15 is 0 Å². The number of aromatic nitrogens is 1. The normalized spacial score (nSPS) is 19.6. The van der Waals surface area contributed by atoms with Gasteiger partial charge in [-0.15, -0.1) is 0 Å². The molecular formula is C34H34N4OS. The molecule has 1 saturated heterocycles. The van der Waals surface area contributed by atoms with Gasteiger partial charge in [0.1, 0.15) is 11.5 Å². The summed E-state index contributed by atoms with van der Waals surface area (Å²) in [5.41, 5.74) is 7.97. The third-order valence-corrected chi connectivity index (χ3v) is 8.43. The van der Waals surface area contributed by atoms with E-state index in [9.17, 15) is 0 Å². The lowest BCUT2D eigenvalue weighted by molar-refractivity contribution is 0.479. The van der Waals surface area contributed by atoms with E-state index in [0.717, 1.165) is 28.4 Å². The fraction of sp³-hybridized carbons (Fsp3) is 0.235. The lowest BCUT2D eigenvalue weighted by Crippen LogP contribution is -2.42. The molecule has 0 bridgehead atoms. The first-order valence-electron chi connectivity index (χ1n) is 13.6. The Labute approximate surface area is 242 Å². The fourth-order valence-corrected chi connectivity index (χ4v) is 6.15. The number of anilines is 2. The monoisotopic (exact) mass is 546 g/mol. The van der Waals surface area contributed by atoms with E-state index in [-0.39, 0.29) is 17.6 Å². The number of nitrogens with zero attached hydrogens (tertiary/aromatic N) is 3. The number of rotatable bonds is 5. The fourth-order valence-electron chi connectivity index (χ4n) is 5.81. The molecule has 2 aliphatic heterocycles. The third kappa shape index (κ3) is 4.62. The van der Waals surface area contributed by atoms with Crippen LogP contribution in [-0.2, 0) is 0 Å². The second-order valence-electron chi connectivity index (χ2n) is 11.2. The highest BCUT2D eigenvalue weighted by atomic mass is 32.1. The molecule has 0 aliphatic carbocycles. The van der Waals surface area contributed by atoms with Crippen LogP contribution in [0.3, 0.4) is 0 Å².